The van der Waals surface area contributed by atoms with Crippen molar-refractivity contribution in [2.75, 3.05) is 24.7 Å². The van der Waals surface area contributed by atoms with Gasteiger partial charge in [-0.2, -0.15) is 0 Å². The summed E-state index contributed by atoms with van der Waals surface area (Å²) in [5.74, 6) is 0.924. The van der Waals surface area contributed by atoms with E-state index in [1.54, 1.807) is 0 Å². The monoisotopic (exact) mass is 275 g/mol. The highest BCUT2D eigenvalue weighted by molar-refractivity contribution is 7.91. The van der Waals surface area contributed by atoms with Gasteiger partial charge < -0.3 is 10.1 Å². The molecule has 2 aliphatic heterocycles. The molecule has 2 fully saturated rings. The molecule has 0 radical (unpaired) electrons. The summed E-state index contributed by atoms with van der Waals surface area (Å²) in [7, 11) is -2.77. The van der Waals surface area contributed by atoms with E-state index in [1.165, 1.54) is 0 Å². The van der Waals surface area contributed by atoms with Gasteiger partial charge >= 0.3 is 0 Å². The van der Waals surface area contributed by atoms with Crippen molar-refractivity contribution in [2.45, 2.75) is 38.2 Å². The Morgan fingerprint density at radius 2 is 2.17 bits per heavy atom. The van der Waals surface area contributed by atoms with Crippen LogP contribution in [-0.4, -0.2) is 45.1 Å². The minimum absolute atomic E-state index is 0.0217. The van der Waals surface area contributed by atoms with Crippen molar-refractivity contribution in [2.24, 2.45) is 5.92 Å². The fourth-order valence-corrected chi connectivity index (χ4v) is 4.51. The van der Waals surface area contributed by atoms with Crippen molar-refractivity contribution in [3.05, 3.63) is 0 Å². The zero-order chi connectivity index (χ0) is 13.0. The summed E-state index contributed by atoms with van der Waals surface area (Å²) in [5, 5.41) is 2.86. The molecule has 5 nitrogen and oxygen atoms in total. The van der Waals surface area contributed by atoms with Gasteiger partial charge in [0.25, 0.3) is 0 Å². The summed E-state index contributed by atoms with van der Waals surface area (Å²) in [6.07, 6.45) is 4.01. The third-order valence-electron chi connectivity index (χ3n) is 3.64. The predicted molar refractivity (Wildman–Crippen MR) is 68.0 cm³/mol. The van der Waals surface area contributed by atoms with Gasteiger partial charge in [0.15, 0.2) is 9.84 Å². The maximum absolute atomic E-state index is 11.6. The number of carbonyl (C=O) groups is 1. The highest BCUT2D eigenvalue weighted by Gasteiger charge is 2.27. The van der Waals surface area contributed by atoms with E-state index < -0.39 is 9.84 Å². The fourth-order valence-electron chi connectivity index (χ4n) is 2.60. The average Bonchev–Trinajstić information content (AvgIpc) is 2.93. The number of ether oxygens (including phenoxy) is 1. The van der Waals surface area contributed by atoms with Gasteiger partial charge in [-0.05, 0) is 38.0 Å². The highest BCUT2D eigenvalue weighted by Crippen LogP contribution is 2.22. The van der Waals surface area contributed by atoms with Gasteiger partial charge in [0.1, 0.15) is 6.10 Å². The second-order valence-electron chi connectivity index (χ2n) is 5.20. The third-order valence-corrected chi connectivity index (χ3v) is 5.47. The molecule has 2 atom stereocenters. The summed E-state index contributed by atoms with van der Waals surface area (Å²) in [6.45, 7) is 1.30. The molecule has 0 aromatic heterocycles. The Bertz CT molecular complexity index is 387. The Morgan fingerprint density at radius 3 is 2.78 bits per heavy atom. The molecule has 0 aromatic carbocycles. The van der Waals surface area contributed by atoms with Crippen LogP contribution in [0, 0.1) is 5.92 Å². The third kappa shape index (κ3) is 3.95. The van der Waals surface area contributed by atoms with Crippen LogP contribution in [0.3, 0.4) is 0 Å². The molecule has 2 saturated heterocycles. The van der Waals surface area contributed by atoms with Gasteiger partial charge in [0, 0.05) is 13.2 Å². The van der Waals surface area contributed by atoms with E-state index in [2.05, 4.69) is 5.32 Å². The van der Waals surface area contributed by atoms with Crippen LogP contribution in [0.5, 0.6) is 0 Å². The van der Waals surface area contributed by atoms with Crippen molar-refractivity contribution < 1.29 is 17.9 Å². The van der Waals surface area contributed by atoms with Crippen LogP contribution in [0.4, 0.5) is 0 Å². The van der Waals surface area contributed by atoms with Crippen LogP contribution >= 0.6 is 0 Å². The highest BCUT2D eigenvalue weighted by atomic mass is 32.2. The van der Waals surface area contributed by atoms with Crippen molar-refractivity contribution in [1.29, 1.82) is 0 Å². The Hall–Kier alpha value is -0.620. The summed E-state index contributed by atoms with van der Waals surface area (Å²) < 4.78 is 27.8. The molecule has 2 unspecified atom stereocenters. The first kappa shape index (κ1) is 13.8. The molecule has 1 N–H and O–H groups in total. The normalized spacial score (nSPS) is 30.4. The topological polar surface area (TPSA) is 72.5 Å². The fraction of sp³-hybridized carbons (Fsp3) is 0.917. The van der Waals surface area contributed by atoms with E-state index in [-0.39, 0.29) is 17.9 Å². The van der Waals surface area contributed by atoms with Crippen LogP contribution in [0.2, 0.25) is 0 Å². The Balaban J connectivity index is 1.57. The van der Waals surface area contributed by atoms with Crippen LogP contribution in [-0.2, 0) is 19.4 Å². The molecule has 18 heavy (non-hydrogen) atoms. The van der Waals surface area contributed by atoms with Gasteiger partial charge in [-0.3, -0.25) is 4.79 Å². The molecule has 6 heteroatoms. The first-order chi connectivity index (χ1) is 8.57. The number of hydrogen-bond acceptors (Lipinski definition) is 4. The lowest BCUT2D eigenvalue weighted by atomic mass is 10.0. The lowest BCUT2D eigenvalue weighted by Gasteiger charge is -2.11. The average molecular weight is 275 g/mol. The standard InChI is InChI=1S/C12H21NO4S/c14-12(11-4-2-7-17-11)13-6-1-3-10-5-8-18(15,16)9-10/h10-11H,1-9H2,(H,13,14). The maximum atomic E-state index is 11.6. The van der Waals surface area contributed by atoms with Gasteiger partial charge in [0.05, 0.1) is 11.5 Å². The Morgan fingerprint density at radius 1 is 1.33 bits per heavy atom. The van der Waals surface area contributed by atoms with E-state index in [4.69, 9.17) is 4.74 Å². The zero-order valence-corrected chi connectivity index (χ0v) is 11.4. The SMILES string of the molecule is O=C(NCCCC1CCS(=O)(=O)C1)C1CCCO1. The lowest BCUT2D eigenvalue weighted by Crippen LogP contribution is -2.34. The van der Waals surface area contributed by atoms with Gasteiger partial charge in [0.2, 0.25) is 5.91 Å². The number of hydrogen-bond donors (Lipinski definition) is 1. The molecule has 0 saturated carbocycles. The van der Waals surface area contributed by atoms with Crippen LogP contribution in [0.15, 0.2) is 0 Å². The molecule has 0 aliphatic carbocycles. The summed E-state index contributed by atoms with van der Waals surface area (Å²) in [6, 6.07) is 0. The quantitative estimate of drug-likeness (QED) is 0.741. The molecule has 0 spiro atoms. The first-order valence-electron chi connectivity index (χ1n) is 6.66. The van der Waals surface area contributed by atoms with E-state index >= 15 is 0 Å². The Labute approximate surface area is 108 Å². The largest absolute Gasteiger partial charge is 0.368 e. The van der Waals surface area contributed by atoms with E-state index in [9.17, 15) is 13.2 Å². The number of rotatable bonds is 5. The van der Waals surface area contributed by atoms with E-state index in [0.717, 1.165) is 32.1 Å². The molecule has 104 valence electrons. The van der Waals surface area contributed by atoms with Gasteiger partial charge in [-0.15, -0.1) is 0 Å². The van der Waals surface area contributed by atoms with Crippen molar-refractivity contribution >= 4 is 15.7 Å². The zero-order valence-electron chi connectivity index (χ0n) is 10.6. The van der Waals surface area contributed by atoms with Gasteiger partial charge in [-0.25, -0.2) is 8.42 Å². The minimum atomic E-state index is -2.77. The first-order valence-corrected chi connectivity index (χ1v) is 8.49. The second-order valence-corrected chi connectivity index (χ2v) is 7.43. The molecular weight excluding hydrogens is 254 g/mol. The van der Waals surface area contributed by atoms with Crippen LogP contribution in [0.25, 0.3) is 0 Å². The molecule has 2 heterocycles. The van der Waals surface area contributed by atoms with Crippen molar-refractivity contribution in [1.82, 2.24) is 5.32 Å². The van der Waals surface area contributed by atoms with Crippen LogP contribution in [0.1, 0.15) is 32.1 Å². The number of amides is 1. The van der Waals surface area contributed by atoms with E-state index in [1.807, 2.05) is 0 Å². The van der Waals surface area contributed by atoms with Crippen molar-refractivity contribution in [3.63, 3.8) is 0 Å². The molecule has 2 aliphatic rings. The molecule has 0 bridgehead atoms. The number of nitrogens with one attached hydrogen (secondary N) is 1. The Kier molecular flexibility index (Phi) is 4.61. The predicted octanol–water partition coefficient (Wildman–Crippen LogP) is 0.497. The molecule has 2 rings (SSSR count). The number of sulfone groups is 1. The van der Waals surface area contributed by atoms with Crippen LogP contribution < -0.4 is 5.32 Å². The van der Waals surface area contributed by atoms with Crippen molar-refractivity contribution in [3.8, 4) is 0 Å². The molecule has 1 amide bonds. The van der Waals surface area contributed by atoms with E-state index in [0.29, 0.717) is 24.7 Å². The maximum Gasteiger partial charge on any atom is 0.249 e. The summed E-state index contributed by atoms with van der Waals surface area (Å²) in [4.78, 5) is 11.6. The molecule has 0 aromatic rings. The second kappa shape index (κ2) is 6.02. The summed E-state index contributed by atoms with van der Waals surface area (Å²) in [5.41, 5.74) is 0. The minimum Gasteiger partial charge on any atom is -0.368 e. The van der Waals surface area contributed by atoms with Gasteiger partial charge in [-0.1, -0.05) is 0 Å². The molecular formula is C12H21NO4S. The smallest absolute Gasteiger partial charge is 0.249 e. The summed E-state index contributed by atoms with van der Waals surface area (Å²) >= 11 is 0. The lowest BCUT2D eigenvalue weighted by molar-refractivity contribution is -0.130. The number of carbonyl (C=O) groups excluding carboxylic acids is 1.